The Labute approximate surface area is 223 Å². The van der Waals surface area contributed by atoms with Crippen LogP contribution in [0.5, 0.6) is 23.0 Å². The van der Waals surface area contributed by atoms with E-state index in [1.807, 2.05) is 66.7 Å². The Hall–Kier alpha value is -3.75. The maximum absolute atomic E-state index is 10.0. The largest absolute Gasteiger partial charge is 0.497 e. The van der Waals surface area contributed by atoms with Gasteiger partial charge in [0.1, 0.15) is 35.0 Å². The molecule has 0 aromatic heterocycles. The van der Waals surface area contributed by atoms with Crippen molar-refractivity contribution in [3.05, 3.63) is 95.0 Å². The monoisotopic (exact) mass is 530 g/mol. The highest BCUT2D eigenvalue weighted by Crippen LogP contribution is 2.51. The molecule has 5 nitrogen and oxygen atoms in total. The molecule has 36 heavy (non-hydrogen) atoms. The zero-order valence-corrected chi connectivity index (χ0v) is 21.7. The lowest BCUT2D eigenvalue weighted by molar-refractivity contribution is 0.414. The van der Waals surface area contributed by atoms with Gasteiger partial charge >= 0.3 is 0 Å². The highest BCUT2D eigenvalue weighted by atomic mass is 35.5. The number of hydrogen-bond acceptors (Lipinski definition) is 7. The number of rotatable bonds is 8. The standard InChI is InChI=1S/C28H19ClN2O3S2/c1-32-18-8-12-21(13-9-18)35-27-25(29)23(16-30)24(17-31)26(34-20-6-4-3-5-7-20)28(27)36-22-14-10-19(33-2)11-15-22/h3-15H,1-2H3. The fourth-order valence-electron chi connectivity index (χ4n) is 3.28. The van der Waals surface area contributed by atoms with Crippen molar-refractivity contribution in [2.24, 2.45) is 0 Å². The first kappa shape index (κ1) is 25.3. The summed E-state index contributed by atoms with van der Waals surface area (Å²) in [5.74, 6) is 2.27. The van der Waals surface area contributed by atoms with Gasteiger partial charge in [0.2, 0.25) is 0 Å². The van der Waals surface area contributed by atoms with Gasteiger partial charge in [-0.2, -0.15) is 10.5 Å². The molecule has 0 N–H and O–H groups in total. The highest BCUT2D eigenvalue weighted by molar-refractivity contribution is 8.02. The molecule has 0 heterocycles. The maximum atomic E-state index is 10.0. The van der Waals surface area contributed by atoms with Crippen LogP contribution in [-0.4, -0.2) is 14.2 Å². The number of ether oxygens (including phenoxy) is 3. The molecule has 178 valence electrons. The molecule has 0 amide bonds. The molecule has 0 aliphatic carbocycles. The zero-order chi connectivity index (χ0) is 25.5. The predicted molar refractivity (Wildman–Crippen MR) is 142 cm³/mol. The van der Waals surface area contributed by atoms with Crippen LogP contribution in [0.1, 0.15) is 11.1 Å². The van der Waals surface area contributed by atoms with Gasteiger partial charge < -0.3 is 14.2 Å². The minimum Gasteiger partial charge on any atom is -0.497 e. The fraction of sp³-hybridized carbons (Fsp3) is 0.0714. The summed E-state index contributed by atoms with van der Waals surface area (Å²) in [7, 11) is 3.22. The van der Waals surface area contributed by atoms with E-state index >= 15 is 0 Å². The van der Waals surface area contributed by atoms with E-state index < -0.39 is 0 Å². The third-order valence-electron chi connectivity index (χ3n) is 5.05. The third-order valence-corrected chi connectivity index (χ3v) is 7.89. The molecule has 0 saturated heterocycles. The van der Waals surface area contributed by atoms with Crippen molar-refractivity contribution >= 4 is 35.1 Å². The molecule has 0 bridgehead atoms. The second kappa shape index (κ2) is 11.8. The van der Waals surface area contributed by atoms with Crippen LogP contribution in [0.4, 0.5) is 0 Å². The number of para-hydroxylation sites is 1. The van der Waals surface area contributed by atoms with Gasteiger partial charge in [-0.15, -0.1) is 0 Å². The number of nitriles is 2. The maximum Gasteiger partial charge on any atom is 0.161 e. The lowest BCUT2D eigenvalue weighted by Crippen LogP contribution is -1.99. The molecule has 0 spiro atoms. The van der Waals surface area contributed by atoms with E-state index in [1.54, 1.807) is 26.4 Å². The predicted octanol–water partition coefficient (Wildman–Crippen LogP) is 8.20. The summed E-state index contributed by atoms with van der Waals surface area (Å²) in [5.41, 5.74) is 0.154. The lowest BCUT2D eigenvalue weighted by Gasteiger charge is -2.19. The van der Waals surface area contributed by atoms with Crippen LogP contribution in [-0.2, 0) is 0 Å². The summed E-state index contributed by atoms with van der Waals surface area (Å²) in [6, 6.07) is 28.4. The number of nitrogens with zero attached hydrogens (tertiary/aromatic N) is 2. The number of methoxy groups -OCH3 is 2. The van der Waals surface area contributed by atoms with E-state index in [0.717, 1.165) is 21.3 Å². The van der Waals surface area contributed by atoms with Crippen LogP contribution in [0.2, 0.25) is 5.02 Å². The van der Waals surface area contributed by atoms with E-state index in [4.69, 9.17) is 25.8 Å². The van der Waals surface area contributed by atoms with Crippen LogP contribution in [0.25, 0.3) is 0 Å². The molecule has 0 unspecified atom stereocenters. The van der Waals surface area contributed by atoms with Gasteiger partial charge in [0.25, 0.3) is 0 Å². The summed E-state index contributed by atoms with van der Waals surface area (Å²) in [5, 5.41) is 20.2. The minimum atomic E-state index is 0.0696. The molecule has 0 aliphatic rings. The van der Waals surface area contributed by atoms with Crippen molar-refractivity contribution in [1.82, 2.24) is 0 Å². The smallest absolute Gasteiger partial charge is 0.161 e. The van der Waals surface area contributed by atoms with Crippen LogP contribution >= 0.6 is 35.1 Å². The molecule has 0 aliphatic heterocycles. The van der Waals surface area contributed by atoms with Gasteiger partial charge in [0.15, 0.2) is 5.75 Å². The van der Waals surface area contributed by atoms with Gasteiger partial charge in [-0.25, -0.2) is 0 Å². The average molecular weight is 531 g/mol. The number of benzene rings is 4. The van der Waals surface area contributed by atoms with Crippen molar-refractivity contribution in [2.75, 3.05) is 14.2 Å². The lowest BCUT2D eigenvalue weighted by atomic mass is 10.1. The van der Waals surface area contributed by atoms with E-state index in [9.17, 15) is 10.5 Å². The van der Waals surface area contributed by atoms with E-state index in [1.165, 1.54) is 23.5 Å². The third kappa shape index (κ3) is 5.56. The van der Waals surface area contributed by atoms with Gasteiger partial charge in [-0.1, -0.05) is 53.3 Å². The second-order valence-electron chi connectivity index (χ2n) is 7.25. The Bertz CT molecular complexity index is 1450. The Morgan fingerprint density at radius 3 is 1.61 bits per heavy atom. The molecule has 0 saturated carbocycles. The normalized spacial score (nSPS) is 10.2. The Kier molecular flexibility index (Phi) is 8.30. The van der Waals surface area contributed by atoms with Crippen LogP contribution in [0, 0.1) is 22.7 Å². The first-order chi connectivity index (χ1) is 17.6. The summed E-state index contributed by atoms with van der Waals surface area (Å²) in [4.78, 5) is 3.01. The summed E-state index contributed by atoms with van der Waals surface area (Å²) < 4.78 is 16.8. The summed E-state index contributed by atoms with van der Waals surface area (Å²) in [6.45, 7) is 0. The molecular formula is C28H19ClN2O3S2. The second-order valence-corrected chi connectivity index (χ2v) is 9.79. The molecule has 0 fully saturated rings. The Morgan fingerprint density at radius 1 is 0.639 bits per heavy atom. The molecule has 4 aromatic carbocycles. The van der Waals surface area contributed by atoms with E-state index in [-0.39, 0.29) is 21.9 Å². The van der Waals surface area contributed by atoms with Crippen LogP contribution in [0.3, 0.4) is 0 Å². The zero-order valence-electron chi connectivity index (χ0n) is 19.3. The van der Waals surface area contributed by atoms with E-state index in [2.05, 4.69) is 12.1 Å². The van der Waals surface area contributed by atoms with Gasteiger partial charge in [0, 0.05) is 9.79 Å². The minimum absolute atomic E-state index is 0.0696. The molecule has 0 atom stereocenters. The number of hydrogen-bond donors (Lipinski definition) is 0. The molecule has 0 radical (unpaired) electrons. The molecule has 4 rings (SSSR count). The van der Waals surface area contributed by atoms with Crippen molar-refractivity contribution in [1.29, 1.82) is 10.5 Å². The summed E-state index contributed by atoms with van der Waals surface area (Å²) in [6.07, 6.45) is 0. The van der Waals surface area contributed by atoms with Crippen LogP contribution < -0.4 is 14.2 Å². The highest BCUT2D eigenvalue weighted by Gasteiger charge is 2.27. The fourth-order valence-corrected chi connectivity index (χ4v) is 5.75. The number of halogens is 1. The molecule has 8 heteroatoms. The molecular weight excluding hydrogens is 512 g/mol. The van der Waals surface area contributed by atoms with Crippen molar-refractivity contribution in [3.63, 3.8) is 0 Å². The van der Waals surface area contributed by atoms with Crippen molar-refractivity contribution < 1.29 is 14.2 Å². The first-order valence-electron chi connectivity index (χ1n) is 10.6. The van der Waals surface area contributed by atoms with Crippen LogP contribution in [0.15, 0.2) is 98.4 Å². The van der Waals surface area contributed by atoms with E-state index in [0.29, 0.717) is 15.5 Å². The quantitative estimate of drug-likeness (QED) is 0.227. The van der Waals surface area contributed by atoms with Gasteiger partial charge in [-0.05, 0) is 60.7 Å². The Balaban J connectivity index is 1.92. The van der Waals surface area contributed by atoms with Gasteiger partial charge in [-0.3, -0.25) is 0 Å². The SMILES string of the molecule is COc1ccc(Sc2c(Cl)c(C#N)c(C#N)c(Oc3ccccc3)c2Sc2ccc(OC)cc2)cc1. The first-order valence-corrected chi connectivity index (χ1v) is 12.7. The molecule has 4 aromatic rings. The summed E-state index contributed by atoms with van der Waals surface area (Å²) >= 11 is 9.57. The van der Waals surface area contributed by atoms with Crippen molar-refractivity contribution in [2.45, 2.75) is 19.6 Å². The Morgan fingerprint density at radius 2 is 1.14 bits per heavy atom. The average Bonchev–Trinajstić information content (AvgIpc) is 2.93. The van der Waals surface area contributed by atoms with Gasteiger partial charge in [0.05, 0.1) is 34.6 Å². The van der Waals surface area contributed by atoms with Crippen molar-refractivity contribution in [3.8, 4) is 35.1 Å². The topological polar surface area (TPSA) is 75.3 Å².